The van der Waals surface area contributed by atoms with Crippen molar-refractivity contribution in [1.29, 1.82) is 0 Å². The Kier molecular flexibility index (Phi) is 6.09. The molecule has 1 aromatic heterocycles. The number of carbonyl (C=O) groups excluding carboxylic acids is 1. The van der Waals surface area contributed by atoms with Gasteiger partial charge >= 0.3 is 0 Å². The maximum absolute atomic E-state index is 14.2. The van der Waals surface area contributed by atoms with E-state index in [0.29, 0.717) is 46.3 Å². The first-order valence-corrected chi connectivity index (χ1v) is 10.5. The zero-order chi connectivity index (χ0) is 22.8. The zero-order valence-electron chi connectivity index (χ0n) is 17.9. The second-order valence-electron chi connectivity index (χ2n) is 7.75. The first-order valence-electron chi connectivity index (χ1n) is 10.5. The summed E-state index contributed by atoms with van der Waals surface area (Å²) >= 11 is 0. The number of halogens is 1. The third-order valence-electron chi connectivity index (χ3n) is 5.81. The number of hydrogen-bond acceptors (Lipinski definition) is 6. The van der Waals surface area contributed by atoms with Gasteiger partial charge < -0.3 is 24.5 Å². The minimum absolute atomic E-state index is 0.0464. The van der Waals surface area contributed by atoms with E-state index < -0.39 is 5.82 Å². The van der Waals surface area contributed by atoms with Crippen molar-refractivity contribution in [3.05, 3.63) is 52.2 Å². The number of amides is 1. The maximum atomic E-state index is 14.2. The zero-order valence-corrected chi connectivity index (χ0v) is 17.9. The predicted octanol–water partition coefficient (Wildman–Crippen LogP) is 5.17. The molecule has 1 aliphatic rings. The number of ether oxygens (including phenoxy) is 2. The van der Waals surface area contributed by atoms with Gasteiger partial charge in [-0.3, -0.25) is 4.79 Å². The van der Waals surface area contributed by atoms with Crippen molar-refractivity contribution in [2.75, 3.05) is 12.1 Å². The van der Waals surface area contributed by atoms with Gasteiger partial charge in [-0.05, 0) is 48.4 Å². The number of aromatic hydroxyl groups is 1. The molecular weight excluding hydrogens is 417 g/mol. The SMILES string of the molecule is CCC(CC)C(=O)Nc1ccc2c(c1)c(N=O)c(O)n2Cc1cc(F)cc2c1OCOC2. The molecule has 32 heavy (non-hydrogen) atoms. The molecular formula is C23H24FN3O5. The molecule has 4 rings (SSSR count). The Morgan fingerprint density at radius 1 is 1.28 bits per heavy atom. The molecule has 0 bridgehead atoms. The summed E-state index contributed by atoms with van der Waals surface area (Å²) in [5.41, 5.74) is 1.94. The Bertz CT molecular complexity index is 1190. The number of rotatable bonds is 7. The number of nitrogens with zero attached hydrogens (tertiary/aromatic N) is 2. The molecule has 0 spiro atoms. The van der Waals surface area contributed by atoms with Gasteiger partial charge in [0.1, 0.15) is 11.6 Å². The van der Waals surface area contributed by atoms with Gasteiger partial charge in [-0.1, -0.05) is 13.8 Å². The second kappa shape index (κ2) is 8.96. The highest BCUT2D eigenvalue weighted by atomic mass is 19.1. The Labute approximate surface area is 183 Å². The monoisotopic (exact) mass is 441 g/mol. The lowest BCUT2D eigenvalue weighted by Gasteiger charge is -2.21. The minimum Gasteiger partial charge on any atom is -0.493 e. The van der Waals surface area contributed by atoms with Crippen LogP contribution in [0.4, 0.5) is 15.8 Å². The van der Waals surface area contributed by atoms with E-state index in [2.05, 4.69) is 10.5 Å². The van der Waals surface area contributed by atoms with Crippen LogP contribution in [0.2, 0.25) is 0 Å². The third kappa shape index (κ3) is 3.91. The molecule has 0 unspecified atom stereocenters. The fourth-order valence-electron chi connectivity index (χ4n) is 4.10. The molecule has 8 nitrogen and oxygen atoms in total. The van der Waals surface area contributed by atoms with Gasteiger partial charge in [0.15, 0.2) is 12.5 Å². The Morgan fingerprint density at radius 3 is 2.78 bits per heavy atom. The molecule has 0 saturated heterocycles. The van der Waals surface area contributed by atoms with Crippen molar-refractivity contribution in [2.45, 2.75) is 39.8 Å². The standard InChI is InChI=1S/C23H24FN3O5/c1-3-13(4-2)22(28)25-17-5-6-19-18(9-17)20(26-30)23(29)27(19)10-14-7-16(24)8-15-11-31-12-32-21(14)15/h5-9,13,29H,3-4,10-12H2,1-2H3,(H,25,28). The first kappa shape index (κ1) is 21.8. The molecule has 9 heteroatoms. The highest BCUT2D eigenvalue weighted by Gasteiger charge is 2.23. The molecule has 0 aliphatic carbocycles. The minimum atomic E-state index is -0.455. The van der Waals surface area contributed by atoms with Crippen LogP contribution in [0.25, 0.3) is 10.9 Å². The van der Waals surface area contributed by atoms with E-state index in [4.69, 9.17) is 9.47 Å². The lowest BCUT2D eigenvalue weighted by atomic mass is 10.0. The number of fused-ring (bicyclic) bond motifs is 2. The van der Waals surface area contributed by atoms with Gasteiger partial charge in [0.05, 0.1) is 18.7 Å². The molecule has 1 amide bonds. The average Bonchev–Trinajstić information content (AvgIpc) is 3.04. The maximum Gasteiger partial charge on any atom is 0.227 e. The fraction of sp³-hybridized carbons (Fsp3) is 0.348. The van der Waals surface area contributed by atoms with E-state index in [0.717, 1.165) is 0 Å². The summed E-state index contributed by atoms with van der Waals surface area (Å²) in [5, 5.41) is 16.9. The summed E-state index contributed by atoms with van der Waals surface area (Å²) < 4.78 is 26.4. The lowest BCUT2D eigenvalue weighted by Crippen LogP contribution is -2.21. The number of aromatic nitrogens is 1. The van der Waals surface area contributed by atoms with Crippen LogP contribution in [0.1, 0.15) is 37.8 Å². The summed E-state index contributed by atoms with van der Waals surface area (Å²) in [6, 6.07) is 7.65. The lowest BCUT2D eigenvalue weighted by molar-refractivity contribution is -0.120. The fourth-order valence-corrected chi connectivity index (χ4v) is 4.10. The summed E-state index contributed by atoms with van der Waals surface area (Å²) in [5.74, 6) is -0.527. The van der Waals surface area contributed by atoms with E-state index >= 15 is 0 Å². The Balaban J connectivity index is 1.74. The molecule has 2 heterocycles. The number of nitroso groups, excluding NO2 is 1. The van der Waals surface area contributed by atoms with E-state index in [-0.39, 0.29) is 43.3 Å². The number of carbonyl (C=O) groups is 1. The first-order chi connectivity index (χ1) is 15.5. The normalized spacial score (nSPS) is 13.1. The summed E-state index contributed by atoms with van der Waals surface area (Å²) in [6.07, 6.45) is 1.43. The van der Waals surface area contributed by atoms with Gasteiger partial charge in [0.25, 0.3) is 0 Å². The average molecular weight is 441 g/mol. The highest BCUT2D eigenvalue weighted by Crippen LogP contribution is 2.41. The molecule has 0 atom stereocenters. The molecule has 2 aromatic carbocycles. The van der Waals surface area contributed by atoms with Crippen LogP contribution in [0.5, 0.6) is 11.6 Å². The highest BCUT2D eigenvalue weighted by molar-refractivity contribution is 6.00. The molecule has 1 aliphatic heterocycles. The number of hydrogen-bond donors (Lipinski definition) is 2. The topological polar surface area (TPSA) is 102 Å². The molecule has 2 N–H and O–H groups in total. The molecule has 168 valence electrons. The van der Waals surface area contributed by atoms with E-state index in [1.54, 1.807) is 18.2 Å². The summed E-state index contributed by atoms with van der Waals surface area (Å²) in [4.78, 5) is 24.0. The van der Waals surface area contributed by atoms with Crippen molar-refractivity contribution in [3.8, 4) is 11.6 Å². The van der Waals surface area contributed by atoms with Crippen LogP contribution in [-0.4, -0.2) is 22.4 Å². The van der Waals surface area contributed by atoms with Gasteiger partial charge in [-0.2, -0.15) is 0 Å². The van der Waals surface area contributed by atoms with Crippen LogP contribution >= 0.6 is 0 Å². The van der Waals surface area contributed by atoms with Crippen molar-refractivity contribution in [1.82, 2.24) is 4.57 Å². The van der Waals surface area contributed by atoms with Crippen LogP contribution in [-0.2, 0) is 22.7 Å². The third-order valence-corrected chi connectivity index (χ3v) is 5.81. The predicted molar refractivity (Wildman–Crippen MR) is 118 cm³/mol. The quantitative estimate of drug-likeness (QED) is 0.492. The number of anilines is 1. The Morgan fingerprint density at radius 2 is 2.06 bits per heavy atom. The van der Waals surface area contributed by atoms with Crippen LogP contribution < -0.4 is 10.1 Å². The van der Waals surface area contributed by atoms with Crippen molar-refractivity contribution < 1.29 is 23.8 Å². The molecule has 0 fully saturated rings. The van der Waals surface area contributed by atoms with Crippen molar-refractivity contribution in [2.24, 2.45) is 11.1 Å². The smallest absolute Gasteiger partial charge is 0.227 e. The molecule has 3 aromatic rings. The van der Waals surface area contributed by atoms with Crippen molar-refractivity contribution >= 4 is 28.2 Å². The van der Waals surface area contributed by atoms with Crippen LogP contribution in [0.15, 0.2) is 35.5 Å². The van der Waals surface area contributed by atoms with Gasteiger partial charge in [-0.25, -0.2) is 4.39 Å². The van der Waals surface area contributed by atoms with Gasteiger partial charge in [0, 0.05) is 28.1 Å². The molecule has 0 saturated carbocycles. The van der Waals surface area contributed by atoms with Crippen LogP contribution in [0, 0.1) is 16.6 Å². The van der Waals surface area contributed by atoms with Crippen LogP contribution in [0.3, 0.4) is 0 Å². The van der Waals surface area contributed by atoms with E-state index in [1.165, 1.54) is 16.7 Å². The molecule has 0 radical (unpaired) electrons. The Hall–Kier alpha value is -3.46. The second-order valence-corrected chi connectivity index (χ2v) is 7.75. The number of benzene rings is 2. The van der Waals surface area contributed by atoms with Gasteiger partial charge in [0.2, 0.25) is 11.8 Å². The van der Waals surface area contributed by atoms with E-state index in [1.807, 2.05) is 13.8 Å². The number of nitrogens with one attached hydrogen (secondary N) is 1. The van der Waals surface area contributed by atoms with Crippen molar-refractivity contribution in [3.63, 3.8) is 0 Å². The van der Waals surface area contributed by atoms with E-state index in [9.17, 15) is 19.2 Å². The summed E-state index contributed by atoms with van der Waals surface area (Å²) in [6.45, 7) is 4.22. The van der Waals surface area contributed by atoms with Gasteiger partial charge in [-0.15, -0.1) is 4.91 Å². The summed E-state index contributed by atoms with van der Waals surface area (Å²) in [7, 11) is 0. The largest absolute Gasteiger partial charge is 0.493 e.